The van der Waals surface area contributed by atoms with E-state index in [-0.39, 0.29) is 0 Å². The number of hydrogen-bond acceptors (Lipinski definition) is 2. The van der Waals surface area contributed by atoms with Gasteiger partial charge in [-0.15, -0.1) is 0 Å². The standard InChI is InChI=1S/C21H22N4/c1-2-3-8-13-25-20-12-7-6-11-19(20)24-21(25)23-15-16-14-22-18-10-5-4-9-17(16)18/h4-7,9-12,14-15,22H,2-3,8,13H2,1H3/b23-15+. The molecule has 0 bridgehead atoms. The topological polar surface area (TPSA) is 46.0 Å². The van der Waals surface area contributed by atoms with Crippen LogP contribution in [0.15, 0.2) is 59.7 Å². The number of unbranched alkanes of at least 4 members (excludes halogenated alkanes) is 2. The lowest BCUT2D eigenvalue weighted by Gasteiger charge is -2.05. The summed E-state index contributed by atoms with van der Waals surface area (Å²) in [6.45, 7) is 3.18. The van der Waals surface area contributed by atoms with Crippen molar-refractivity contribution < 1.29 is 0 Å². The van der Waals surface area contributed by atoms with Crippen LogP contribution in [0.4, 0.5) is 5.95 Å². The van der Waals surface area contributed by atoms with Crippen LogP contribution in [0, 0.1) is 0 Å². The van der Waals surface area contributed by atoms with Crippen LogP contribution in [0.25, 0.3) is 21.9 Å². The fraction of sp³-hybridized carbons (Fsp3) is 0.238. The number of aliphatic imine (C=N–C) groups is 1. The van der Waals surface area contributed by atoms with Crippen LogP contribution in [0.2, 0.25) is 0 Å². The second-order valence-corrected chi connectivity index (χ2v) is 6.31. The maximum atomic E-state index is 4.73. The minimum absolute atomic E-state index is 0.780. The molecule has 0 fully saturated rings. The lowest BCUT2D eigenvalue weighted by molar-refractivity contribution is 0.616. The summed E-state index contributed by atoms with van der Waals surface area (Å²) in [6, 6.07) is 16.5. The summed E-state index contributed by atoms with van der Waals surface area (Å²) in [5.74, 6) is 0.780. The molecule has 126 valence electrons. The zero-order chi connectivity index (χ0) is 17.1. The van der Waals surface area contributed by atoms with Crippen LogP contribution >= 0.6 is 0 Å². The number of rotatable bonds is 6. The van der Waals surface area contributed by atoms with E-state index in [9.17, 15) is 0 Å². The van der Waals surface area contributed by atoms with E-state index in [0.717, 1.165) is 41.0 Å². The third-order valence-electron chi connectivity index (χ3n) is 4.56. The number of hydrogen-bond donors (Lipinski definition) is 1. The van der Waals surface area contributed by atoms with Gasteiger partial charge in [0.25, 0.3) is 0 Å². The predicted molar refractivity (Wildman–Crippen MR) is 105 cm³/mol. The number of aryl methyl sites for hydroxylation is 1. The molecule has 25 heavy (non-hydrogen) atoms. The van der Waals surface area contributed by atoms with Gasteiger partial charge in [-0.1, -0.05) is 50.1 Å². The van der Waals surface area contributed by atoms with Crippen molar-refractivity contribution in [1.82, 2.24) is 14.5 Å². The molecule has 2 aromatic carbocycles. The van der Waals surface area contributed by atoms with Gasteiger partial charge >= 0.3 is 0 Å². The maximum Gasteiger partial charge on any atom is 0.230 e. The van der Waals surface area contributed by atoms with E-state index in [1.54, 1.807) is 0 Å². The molecule has 0 aliphatic heterocycles. The van der Waals surface area contributed by atoms with Crippen LogP contribution in [-0.4, -0.2) is 20.7 Å². The zero-order valence-electron chi connectivity index (χ0n) is 14.4. The quantitative estimate of drug-likeness (QED) is 0.370. The summed E-state index contributed by atoms with van der Waals surface area (Å²) in [7, 11) is 0. The van der Waals surface area contributed by atoms with Gasteiger partial charge in [-0.05, 0) is 24.6 Å². The SMILES string of the molecule is CCCCCn1c(/N=C/c2c[nH]c3ccccc23)nc2ccccc21. The van der Waals surface area contributed by atoms with E-state index in [2.05, 4.69) is 46.8 Å². The van der Waals surface area contributed by atoms with Crippen molar-refractivity contribution in [2.45, 2.75) is 32.7 Å². The number of H-pyrrole nitrogens is 1. The number of fused-ring (bicyclic) bond motifs is 2. The van der Waals surface area contributed by atoms with Gasteiger partial charge in [0.2, 0.25) is 5.95 Å². The van der Waals surface area contributed by atoms with Crippen molar-refractivity contribution in [2.24, 2.45) is 4.99 Å². The highest BCUT2D eigenvalue weighted by Crippen LogP contribution is 2.23. The van der Waals surface area contributed by atoms with Gasteiger partial charge in [-0.2, -0.15) is 0 Å². The summed E-state index contributed by atoms with van der Waals surface area (Å²) in [6.07, 6.45) is 7.49. The van der Waals surface area contributed by atoms with E-state index < -0.39 is 0 Å². The van der Waals surface area contributed by atoms with Crippen molar-refractivity contribution in [1.29, 1.82) is 0 Å². The zero-order valence-corrected chi connectivity index (χ0v) is 14.4. The lowest BCUT2D eigenvalue weighted by Crippen LogP contribution is -1.97. The largest absolute Gasteiger partial charge is 0.361 e. The molecule has 0 amide bonds. The lowest BCUT2D eigenvalue weighted by atomic mass is 10.2. The molecule has 4 rings (SSSR count). The number of benzene rings is 2. The molecule has 4 nitrogen and oxygen atoms in total. The van der Waals surface area contributed by atoms with Crippen molar-refractivity contribution in [3.63, 3.8) is 0 Å². The Balaban J connectivity index is 1.71. The maximum absolute atomic E-state index is 4.73. The average molecular weight is 330 g/mol. The van der Waals surface area contributed by atoms with Crippen molar-refractivity contribution in [3.05, 3.63) is 60.3 Å². The Morgan fingerprint density at radius 2 is 1.92 bits per heavy atom. The minimum atomic E-state index is 0.780. The fourth-order valence-corrected chi connectivity index (χ4v) is 3.23. The first-order valence-electron chi connectivity index (χ1n) is 8.92. The highest BCUT2D eigenvalue weighted by atomic mass is 15.2. The van der Waals surface area contributed by atoms with Gasteiger partial charge in [0.1, 0.15) is 0 Å². The molecule has 0 aliphatic carbocycles. The molecule has 2 heterocycles. The molecule has 0 saturated carbocycles. The van der Waals surface area contributed by atoms with Crippen molar-refractivity contribution in [2.75, 3.05) is 0 Å². The van der Waals surface area contributed by atoms with Crippen LogP contribution < -0.4 is 0 Å². The first-order valence-corrected chi connectivity index (χ1v) is 8.92. The van der Waals surface area contributed by atoms with Crippen molar-refractivity contribution >= 4 is 34.1 Å². The summed E-state index contributed by atoms with van der Waals surface area (Å²) >= 11 is 0. The molecular weight excluding hydrogens is 308 g/mol. The first-order chi connectivity index (χ1) is 12.4. The molecule has 1 N–H and O–H groups in total. The van der Waals surface area contributed by atoms with Gasteiger partial charge in [0.05, 0.1) is 11.0 Å². The van der Waals surface area contributed by atoms with E-state index in [1.165, 1.54) is 18.2 Å². The molecule has 0 atom stereocenters. The molecule has 0 spiro atoms. The Morgan fingerprint density at radius 3 is 2.84 bits per heavy atom. The van der Waals surface area contributed by atoms with Gasteiger partial charge in [-0.3, -0.25) is 0 Å². The number of nitrogens with one attached hydrogen (secondary N) is 1. The van der Waals surface area contributed by atoms with Gasteiger partial charge in [-0.25, -0.2) is 9.98 Å². The Kier molecular flexibility index (Phi) is 4.34. The van der Waals surface area contributed by atoms with Crippen LogP contribution in [0.3, 0.4) is 0 Å². The fourth-order valence-electron chi connectivity index (χ4n) is 3.23. The number of aromatic amines is 1. The molecule has 0 unspecified atom stereocenters. The summed E-state index contributed by atoms with van der Waals surface area (Å²) in [5.41, 5.74) is 4.37. The van der Waals surface area contributed by atoms with Gasteiger partial charge < -0.3 is 9.55 Å². The Bertz CT molecular complexity index is 1020. The summed E-state index contributed by atoms with van der Waals surface area (Å²) < 4.78 is 2.23. The van der Waals surface area contributed by atoms with Gasteiger partial charge in [0.15, 0.2) is 0 Å². The molecule has 0 aliphatic rings. The second kappa shape index (κ2) is 6.93. The third kappa shape index (κ3) is 3.07. The number of imidazole rings is 1. The Hall–Kier alpha value is -2.88. The van der Waals surface area contributed by atoms with Crippen LogP contribution in [0.1, 0.15) is 31.7 Å². The monoisotopic (exact) mass is 330 g/mol. The van der Waals surface area contributed by atoms with Crippen LogP contribution in [-0.2, 0) is 6.54 Å². The van der Waals surface area contributed by atoms with Crippen molar-refractivity contribution in [3.8, 4) is 0 Å². The number of para-hydroxylation sites is 3. The Labute approximate surface area is 147 Å². The molecule has 4 heteroatoms. The molecule has 0 saturated heterocycles. The van der Waals surface area contributed by atoms with E-state index in [1.807, 2.05) is 30.6 Å². The summed E-state index contributed by atoms with van der Waals surface area (Å²) in [4.78, 5) is 12.7. The highest BCUT2D eigenvalue weighted by molar-refractivity contribution is 5.99. The van der Waals surface area contributed by atoms with E-state index in [0.29, 0.717) is 0 Å². The predicted octanol–water partition coefficient (Wildman–Crippen LogP) is 5.46. The first kappa shape index (κ1) is 15.6. The Morgan fingerprint density at radius 1 is 1.08 bits per heavy atom. The minimum Gasteiger partial charge on any atom is -0.361 e. The highest BCUT2D eigenvalue weighted by Gasteiger charge is 2.09. The normalized spacial score (nSPS) is 11.9. The van der Waals surface area contributed by atoms with Crippen LogP contribution in [0.5, 0.6) is 0 Å². The molecule has 0 radical (unpaired) electrons. The smallest absolute Gasteiger partial charge is 0.230 e. The molecule has 2 aromatic heterocycles. The molecular formula is C21H22N4. The number of nitrogens with zero attached hydrogens (tertiary/aromatic N) is 3. The van der Waals surface area contributed by atoms with Gasteiger partial charge in [0, 0.05) is 35.4 Å². The van der Waals surface area contributed by atoms with E-state index >= 15 is 0 Å². The third-order valence-corrected chi connectivity index (χ3v) is 4.56. The second-order valence-electron chi connectivity index (χ2n) is 6.31. The summed E-state index contributed by atoms with van der Waals surface area (Å²) in [5, 5.41) is 1.18. The van der Waals surface area contributed by atoms with E-state index in [4.69, 9.17) is 9.98 Å². The molecule has 4 aromatic rings. The average Bonchev–Trinajstić information content (AvgIpc) is 3.22. The number of aromatic nitrogens is 3.